The van der Waals surface area contributed by atoms with Crippen LogP contribution in [0.4, 0.5) is 0 Å². The largest absolute Gasteiger partial charge is 0.481 e. The fraction of sp³-hybridized carbons (Fsp3) is 0.312. The van der Waals surface area contributed by atoms with Crippen LogP contribution >= 0.6 is 0 Å². The number of hydrogen-bond acceptors (Lipinski definition) is 4. The van der Waals surface area contributed by atoms with Gasteiger partial charge in [0.15, 0.2) is 5.66 Å². The molecule has 23 heavy (non-hydrogen) atoms. The van der Waals surface area contributed by atoms with Gasteiger partial charge in [0.1, 0.15) is 5.69 Å². The molecule has 118 valence electrons. The van der Waals surface area contributed by atoms with Crippen LogP contribution in [0, 0.1) is 0 Å². The van der Waals surface area contributed by atoms with Crippen molar-refractivity contribution in [3.05, 3.63) is 47.9 Å². The zero-order valence-electron chi connectivity index (χ0n) is 12.7. The van der Waals surface area contributed by atoms with Crippen LogP contribution in [0.25, 0.3) is 0 Å². The Labute approximate surface area is 133 Å². The van der Waals surface area contributed by atoms with Crippen LogP contribution in [0.5, 0.6) is 5.88 Å². The summed E-state index contributed by atoms with van der Waals surface area (Å²) < 4.78 is 7.00. The lowest BCUT2D eigenvalue weighted by atomic mass is 9.96. The van der Waals surface area contributed by atoms with Crippen molar-refractivity contribution in [2.24, 2.45) is 0 Å². The number of rotatable bonds is 3. The van der Waals surface area contributed by atoms with Crippen molar-refractivity contribution >= 4 is 12.3 Å². The summed E-state index contributed by atoms with van der Waals surface area (Å²) in [5.41, 5.74) is 0.620. The molecule has 1 fully saturated rings. The number of pyridine rings is 1. The standard InChI is InChI=1S/C16H16N4O3/c1-23-14-5-4-12(9-17-14)16-10-18-6-2-3-13(18)15(22)20(16)8-7-19(16)11-21/h2-6,9,11H,7-8,10H2,1H3. The summed E-state index contributed by atoms with van der Waals surface area (Å²) in [6.07, 6.45) is 4.35. The Morgan fingerprint density at radius 2 is 2.17 bits per heavy atom. The fourth-order valence-corrected chi connectivity index (χ4v) is 3.59. The number of nitrogens with zero attached hydrogens (tertiary/aromatic N) is 4. The molecule has 4 rings (SSSR count). The average molecular weight is 312 g/mol. The number of methoxy groups -OCH3 is 1. The van der Waals surface area contributed by atoms with Gasteiger partial charge >= 0.3 is 0 Å². The molecule has 2 aromatic rings. The zero-order chi connectivity index (χ0) is 16.0. The van der Waals surface area contributed by atoms with Gasteiger partial charge in [-0.15, -0.1) is 0 Å². The highest BCUT2D eigenvalue weighted by molar-refractivity contribution is 5.94. The van der Waals surface area contributed by atoms with Crippen LogP contribution in [0.1, 0.15) is 16.1 Å². The van der Waals surface area contributed by atoms with Gasteiger partial charge in [0.25, 0.3) is 5.91 Å². The molecule has 2 aliphatic heterocycles. The number of ether oxygens (including phenoxy) is 1. The van der Waals surface area contributed by atoms with Crippen LogP contribution in [0.3, 0.4) is 0 Å². The summed E-state index contributed by atoms with van der Waals surface area (Å²) in [4.78, 5) is 32.2. The van der Waals surface area contributed by atoms with E-state index in [1.807, 2.05) is 29.0 Å². The molecule has 2 aromatic heterocycles. The van der Waals surface area contributed by atoms with E-state index in [4.69, 9.17) is 4.74 Å². The van der Waals surface area contributed by atoms with Gasteiger partial charge in [-0.05, 0) is 18.2 Å². The molecule has 0 aliphatic carbocycles. The van der Waals surface area contributed by atoms with Gasteiger partial charge in [-0.2, -0.15) is 0 Å². The highest BCUT2D eigenvalue weighted by atomic mass is 16.5. The number of carbonyl (C=O) groups is 2. The van der Waals surface area contributed by atoms with Gasteiger partial charge in [0, 0.05) is 37.1 Å². The Morgan fingerprint density at radius 3 is 2.87 bits per heavy atom. The topological polar surface area (TPSA) is 67.7 Å². The summed E-state index contributed by atoms with van der Waals surface area (Å²) in [5.74, 6) is 0.428. The monoisotopic (exact) mass is 312 g/mol. The summed E-state index contributed by atoms with van der Waals surface area (Å²) in [6, 6.07) is 7.27. The number of hydrogen-bond donors (Lipinski definition) is 0. The molecule has 7 heteroatoms. The van der Waals surface area contributed by atoms with E-state index in [-0.39, 0.29) is 5.91 Å². The lowest BCUT2D eigenvalue weighted by Gasteiger charge is -2.45. The molecule has 0 radical (unpaired) electrons. The first-order valence-corrected chi connectivity index (χ1v) is 7.40. The lowest BCUT2D eigenvalue weighted by molar-refractivity contribution is -0.126. The third-order valence-corrected chi connectivity index (χ3v) is 4.71. The maximum Gasteiger partial charge on any atom is 0.272 e. The smallest absolute Gasteiger partial charge is 0.272 e. The summed E-state index contributed by atoms with van der Waals surface area (Å²) in [6.45, 7) is 1.51. The van der Waals surface area contributed by atoms with Crippen molar-refractivity contribution in [1.82, 2.24) is 19.4 Å². The number of fused-ring (bicyclic) bond motifs is 2. The van der Waals surface area contributed by atoms with Crippen LogP contribution in [-0.2, 0) is 17.0 Å². The normalized spacial score (nSPS) is 22.7. The minimum atomic E-state index is -0.829. The Bertz CT molecular complexity index is 770. The molecule has 0 saturated carbocycles. The van der Waals surface area contributed by atoms with Crippen LogP contribution < -0.4 is 4.74 Å². The Balaban J connectivity index is 1.89. The SMILES string of the molecule is COc1ccc(C23Cn4cccc4C(=O)N2CCN3C=O)cn1. The van der Waals surface area contributed by atoms with Crippen LogP contribution in [0.15, 0.2) is 36.7 Å². The van der Waals surface area contributed by atoms with Gasteiger partial charge in [-0.1, -0.05) is 0 Å². The summed E-state index contributed by atoms with van der Waals surface area (Å²) in [7, 11) is 1.55. The van der Waals surface area contributed by atoms with Gasteiger partial charge in [0.2, 0.25) is 12.3 Å². The maximum atomic E-state index is 12.8. The predicted molar refractivity (Wildman–Crippen MR) is 80.7 cm³/mol. The zero-order valence-corrected chi connectivity index (χ0v) is 12.7. The molecule has 1 saturated heterocycles. The minimum Gasteiger partial charge on any atom is -0.481 e. The number of carbonyl (C=O) groups excluding carboxylic acids is 2. The molecule has 0 N–H and O–H groups in total. The lowest BCUT2D eigenvalue weighted by Crippen LogP contribution is -2.58. The van der Waals surface area contributed by atoms with Gasteiger partial charge in [-0.25, -0.2) is 4.98 Å². The first kappa shape index (κ1) is 13.8. The average Bonchev–Trinajstić information content (AvgIpc) is 3.20. The summed E-state index contributed by atoms with van der Waals surface area (Å²) in [5, 5.41) is 0. The highest BCUT2D eigenvalue weighted by Crippen LogP contribution is 2.41. The molecule has 0 bridgehead atoms. The fourth-order valence-electron chi connectivity index (χ4n) is 3.59. The molecular weight excluding hydrogens is 296 g/mol. The Hall–Kier alpha value is -2.83. The quantitative estimate of drug-likeness (QED) is 0.781. The summed E-state index contributed by atoms with van der Waals surface area (Å²) >= 11 is 0. The van der Waals surface area contributed by atoms with Crippen molar-refractivity contribution in [3.8, 4) is 5.88 Å². The van der Waals surface area contributed by atoms with E-state index in [9.17, 15) is 9.59 Å². The molecule has 0 aromatic carbocycles. The number of aromatic nitrogens is 2. The third kappa shape index (κ3) is 1.73. The molecule has 7 nitrogen and oxygen atoms in total. The van der Waals surface area contributed by atoms with E-state index in [0.717, 1.165) is 12.0 Å². The van der Waals surface area contributed by atoms with Crippen molar-refractivity contribution in [3.63, 3.8) is 0 Å². The second-order valence-corrected chi connectivity index (χ2v) is 5.68. The first-order valence-electron chi connectivity index (χ1n) is 7.40. The van der Waals surface area contributed by atoms with E-state index in [1.54, 1.807) is 29.2 Å². The van der Waals surface area contributed by atoms with Gasteiger partial charge in [0.05, 0.1) is 13.7 Å². The minimum absolute atomic E-state index is 0.0681. The van der Waals surface area contributed by atoms with Crippen molar-refractivity contribution in [1.29, 1.82) is 0 Å². The molecule has 4 heterocycles. The van der Waals surface area contributed by atoms with E-state index in [0.29, 0.717) is 31.2 Å². The molecule has 2 aliphatic rings. The molecule has 1 unspecified atom stereocenters. The highest BCUT2D eigenvalue weighted by Gasteiger charge is 2.54. The van der Waals surface area contributed by atoms with Crippen LogP contribution in [-0.4, -0.2) is 51.9 Å². The van der Waals surface area contributed by atoms with E-state index < -0.39 is 5.66 Å². The molecular formula is C16H16N4O3. The third-order valence-electron chi connectivity index (χ3n) is 4.71. The molecule has 1 atom stereocenters. The maximum absolute atomic E-state index is 12.8. The van der Waals surface area contributed by atoms with Crippen molar-refractivity contribution in [2.45, 2.75) is 12.2 Å². The van der Waals surface area contributed by atoms with Crippen LogP contribution in [0.2, 0.25) is 0 Å². The van der Waals surface area contributed by atoms with E-state index in [2.05, 4.69) is 4.98 Å². The van der Waals surface area contributed by atoms with Gasteiger partial charge < -0.3 is 19.1 Å². The number of amides is 2. The first-order chi connectivity index (χ1) is 11.2. The van der Waals surface area contributed by atoms with Crippen molar-refractivity contribution in [2.75, 3.05) is 20.2 Å². The molecule has 0 spiro atoms. The Kier molecular flexibility index (Phi) is 2.90. The van der Waals surface area contributed by atoms with Crippen molar-refractivity contribution < 1.29 is 14.3 Å². The second-order valence-electron chi connectivity index (χ2n) is 5.68. The van der Waals surface area contributed by atoms with E-state index >= 15 is 0 Å². The van der Waals surface area contributed by atoms with E-state index in [1.165, 1.54) is 0 Å². The predicted octanol–water partition coefficient (Wildman–Crippen LogP) is 0.672. The Morgan fingerprint density at radius 1 is 1.30 bits per heavy atom. The molecule has 2 amide bonds. The van der Waals surface area contributed by atoms with Gasteiger partial charge in [-0.3, -0.25) is 9.59 Å². The second kappa shape index (κ2) is 4.84.